The van der Waals surface area contributed by atoms with Crippen LogP contribution in [0.1, 0.15) is 12.8 Å². The zero-order valence-corrected chi connectivity index (χ0v) is 20.6. The van der Waals surface area contributed by atoms with Gasteiger partial charge in [0, 0.05) is 25.0 Å². The number of hydrogen-bond acceptors (Lipinski definition) is 6. The van der Waals surface area contributed by atoms with E-state index in [0.29, 0.717) is 53.8 Å². The van der Waals surface area contributed by atoms with E-state index in [1.54, 1.807) is 34.6 Å². The molecule has 3 aromatic carbocycles. The standard InChI is InChI=1S/C26H30N4O5S/c31-20(17-35-23-9-4-8-22-25(23)29-26(32)28-22)16-27-15-18-11-13-30(14-12-18)36(33,34)24-10-3-6-19-5-1-2-7-21(19)24/h1-10,18,20,27,31H,11-17H2,(H2,28,29,32)/t20-/m1/s1. The number of benzene rings is 3. The number of nitrogens with zero attached hydrogens (tertiary/aromatic N) is 1. The molecule has 0 bridgehead atoms. The maximum absolute atomic E-state index is 13.3. The van der Waals surface area contributed by atoms with Gasteiger partial charge in [0.1, 0.15) is 24.0 Å². The van der Waals surface area contributed by atoms with Gasteiger partial charge in [0.05, 0.1) is 10.4 Å². The third-order valence-corrected chi connectivity index (χ3v) is 8.65. The lowest BCUT2D eigenvalue weighted by atomic mass is 9.98. The lowest BCUT2D eigenvalue weighted by molar-refractivity contribution is 0.105. The Morgan fingerprint density at radius 1 is 1.03 bits per heavy atom. The molecule has 0 saturated carbocycles. The van der Waals surface area contributed by atoms with Crippen LogP contribution in [0.15, 0.2) is 70.4 Å². The number of imidazole rings is 1. The fourth-order valence-electron chi connectivity index (χ4n) is 4.76. The molecule has 4 N–H and O–H groups in total. The van der Waals surface area contributed by atoms with Crippen LogP contribution < -0.4 is 15.7 Å². The van der Waals surface area contributed by atoms with Gasteiger partial charge in [-0.25, -0.2) is 13.2 Å². The molecule has 0 amide bonds. The van der Waals surface area contributed by atoms with E-state index in [4.69, 9.17) is 4.74 Å². The fourth-order valence-corrected chi connectivity index (χ4v) is 6.45. The second-order valence-electron chi connectivity index (χ2n) is 9.21. The Kier molecular flexibility index (Phi) is 7.10. The Labute approximate surface area is 209 Å². The van der Waals surface area contributed by atoms with Crippen molar-refractivity contribution >= 4 is 31.8 Å². The Bertz CT molecular complexity index is 1500. The van der Waals surface area contributed by atoms with Crippen molar-refractivity contribution in [1.82, 2.24) is 19.6 Å². The van der Waals surface area contributed by atoms with Crippen LogP contribution in [0.2, 0.25) is 0 Å². The lowest BCUT2D eigenvalue weighted by Crippen LogP contribution is -2.42. The van der Waals surface area contributed by atoms with Crippen molar-refractivity contribution in [2.24, 2.45) is 5.92 Å². The number of ether oxygens (including phenoxy) is 1. The van der Waals surface area contributed by atoms with E-state index < -0.39 is 16.1 Å². The van der Waals surface area contributed by atoms with Gasteiger partial charge in [-0.05, 0) is 48.9 Å². The second kappa shape index (κ2) is 10.4. The van der Waals surface area contributed by atoms with Crippen LogP contribution in [0.4, 0.5) is 0 Å². The van der Waals surface area contributed by atoms with Crippen molar-refractivity contribution in [3.63, 3.8) is 0 Å². The molecule has 9 nitrogen and oxygen atoms in total. The normalized spacial score (nSPS) is 16.5. The highest BCUT2D eigenvalue weighted by atomic mass is 32.2. The van der Waals surface area contributed by atoms with Gasteiger partial charge in [-0.1, -0.05) is 42.5 Å². The maximum atomic E-state index is 13.3. The van der Waals surface area contributed by atoms with Gasteiger partial charge in [0.2, 0.25) is 10.0 Å². The van der Waals surface area contributed by atoms with Gasteiger partial charge in [0.15, 0.2) is 0 Å². The minimum absolute atomic E-state index is 0.0844. The van der Waals surface area contributed by atoms with E-state index in [2.05, 4.69) is 15.3 Å². The number of aromatic nitrogens is 2. The average Bonchev–Trinajstić information content (AvgIpc) is 3.28. The van der Waals surface area contributed by atoms with Crippen molar-refractivity contribution in [3.05, 3.63) is 71.1 Å². The number of aliphatic hydroxyl groups excluding tert-OH is 1. The number of fused-ring (bicyclic) bond motifs is 2. The molecule has 5 rings (SSSR count). The fraction of sp³-hybridized carbons (Fsp3) is 0.346. The van der Waals surface area contributed by atoms with Crippen LogP contribution in [-0.4, -0.2) is 66.7 Å². The molecular formula is C26H30N4O5S. The largest absolute Gasteiger partial charge is 0.489 e. The number of aromatic amines is 2. The summed E-state index contributed by atoms with van der Waals surface area (Å²) < 4.78 is 33.9. The van der Waals surface area contributed by atoms with Crippen molar-refractivity contribution in [3.8, 4) is 5.75 Å². The second-order valence-corrected chi connectivity index (χ2v) is 11.1. The summed E-state index contributed by atoms with van der Waals surface area (Å²) in [5, 5.41) is 15.3. The van der Waals surface area contributed by atoms with Crippen molar-refractivity contribution in [2.75, 3.05) is 32.8 Å². The molecule has 1 saturated heterocycles. The SMILES string of the molecule is O=c1[nH]c2cccc(OC[C@H](O)CNCC3CCN(S(=O)(=O)c4cccc5ccccc45)CC3)c2[nH]1. The van der Waals surface area contributed by atoms with Gasteiger partial charge in [-0.15, -0.1) is 0 Å². The number of para-hydroxylation sites is 1. The molecule has 2 heterocycles. The van der Waals surface area contributed by atoms with Crippen LogP contribution in [0.25, 0.3) is 21.8 Å². The number of piperidine rings is 1. The van der Waals surface area contributed by atoms with Crippen LogP contribution >= 0.6 is 0 Å². The smallest absolute Gasteiger partial charge is 0.323 e. The Balaban J connectivity index is 1.09. The Morgan fingerprint density at radius 2 is 1.78 bits per heavy atom. The van der Waals surface area contributed by atoms with Crippen LogP contribution in [0, 0.1) is 5.92 Å². The molecule has 1 fully saturated rings. The predicted molar refractivity (Wildman–Crippen MR) is 139 cm³/mol. The highest BCUT2D eigenvalue weighted by molar-refractivity contribution is 7.89. The van der Waals surface area contributed by atoms with E-state index in [0.717, 1.165) is 23.6 Å². The van der Waals surface area contributed by atoms with Gasteiger partial charge >= 0.3 is 5.69 Å². The zero-order valence-electron chi connectivity index (χ0n) is 19.8. The number of nitrogens with one attached hydrogen (secondary N) is 3. The summed E-state index contributed by atoms with van der Waals surface area (Å²) in [5.74, 6) is 0.834. The third-order valence-electron chi connectivity index (χ3n) is 6.70. The summed E-state index contributed by atoms with van der Waals surface area (Å²) in [6, 6.07) is 18.2. The molecule has 0 unspecified atom stereocenters. The van der Waals surface area contributed by atoms with Crippen molar-refractivity contribution in [2.45, 2.75) is 23.8 Å². The summed E-state index contributed by atoms with van der Waals surface area (Å²) >= 11 is 0. The van der Waals surface area contributed by atoms with Crippen molar-refractivity contribution in [1.29, 1.82) is 0 Å². The minimum atomic E-state index is -3.56. The van der Waals surface area contributed by atoms with E-state index in [9.17, 15) is 18.3 Å². The van der Waals surface area contributed by atoms with Crippen LogP contribution in [0.5, 0.6) is 5.75 Å². The highest BCUT2D eigenvalue weighted by Crippen LogP contribution is 2.28. The first kappa shape index (κ1) is 24.5. The molecular weight excluding hydrogens is 480 g/mol. The molecule has 36 heavy (non-hydrogen) atoms. The summed E-state index contributed by atoms with van der Waals surface area (Å²) in [4.78, 5) is 17.2. The van der Waals surface area contributed by atoms with Crippen LogP contribution in [0.3, 0.4) is 0 Å². The first-order valence-corrected chi connectivity index (χ1v) is 13.6. The van der Waals surface area contributed by atoms with Crippen LogP contribution in [-0.2, 0) is 10.0 Å². The van der Waals surface area contributed by atoms with E-state index in [1.165, 1.54) is 0 Å². The monoisotopic (exact) mass is 510 g/mol. The first-order chi connectivity index (χ1) is 17.4. The number of aliphatic hydroxyl groups is 1. The molecule has 1 aliphatic rings. The van der Waals surface area contributed by atoms with Gasteiger partial charge in [-0.3, -0.25) is 0 Å². The predicted octanol–water partition coefficient (Wildman–Crippen LogP) is 2.44. The average molecular weight is 511 g/mol. The quantitative estimate of drug-likeness (QED) is 0.274. The third kappa shape index (κ3) is 5.17. The molecule has 4 aromatic rings. The summed E-state index contributed by atoms with van der Waals surface area (Å²) in [6.07, 6.45) is 0.788. The zero-order chi connectivity index (χ0) is 25.1. The van der Waals surface area contributed by atoms with E-state index >= 15 is 0 Å². The van der Waals surface area contributed by atoms with Gasteiger partial charge in [0.25, 0.3) is 0 Å². The molecule has 0 radical (unpaired) electrons. The summed E-state index contributed by atoms with van der Waals surface area (Å²) in [7, 11) is -3.56. The maximum Gasteiger partial charge on any atom is 0.323 e. The Hall–Kier alpha value is -3.18. The number of sulfonamides is 1. The first-order valence-electron chi connectivity index (χ1n) is 12.1. The number of H-pyrrole nitrogens is 2. The molecule has 0 aliphatic carbocycles. The molecule has 1 atom stereocenters. The molecule has 10 heteroatoms. The molecule has 1 aromatic heterocycles. The van der Waals surface area contributed by atoms with Crippen molar-refractivity contribution < 1.29 is 18.3 Å². The minimum Gasteiger partial charge on any atom is -0.489 e. The lowest BCUT2D eigenvalue weighted by Gasteiger charge is -2.31. The molecule has 1 aliphatic heterocycles. The van der Waals surface area contributed by atoms with Gasteiger partial charge in [-0.2, -0.15) is 4.31 Å². The van der Waals surface area contributed by atoms with E-state index in [1.807, 2.05) is 30.3 Å². The number of rotatable bonds is 9. The van der Waals surface area contributed by atoms with E-state index in [-0.39, 0.29) is 12.3 Å². The Morgan fingerprint density at radius 3 is 2.61 bits per heavy atom. The summed E-state index contributed by atoms with van der Waals surface area (Å²) in [5.41, 5.74) is 0.922. The summed E-state index contributed by atoms with van der Waals surface area (Å²) in [6.45, 7) is 2.08. The molecule has 0 spiro atoms. The van der Waals surface area contributed by atoms with Gasteiger partial charge < -0.3 is 25.1 Å². The number of hydrogen-bond donors (Lipinski definition) is 4. The molecule has 190 valence electrons. The highest BCUT2D eigenvalue weighted by Gasteiger charge is 2.30. The topological polar surface area (TPSA) is 128 Å².